The Labute approximate surface area is 135 Å². The van der Waals surface area contributed by atoms with Crippen molar-refractivity contribution >= 4 is 17.1 Å². The monoisotopic (exact) mass is 323 g/mol. The predicted octanol–water partition coefficient (Wildman–Crippen LogP) is 1.67. The molecule has 3 N–H and O–H groups in total. The van der Waals surface area contributed by atoms with Gasteiger partial charge >= 0.3 is 0 Å². The van der Waals surface area contributed by atoms with Crippen molar-refractivity contribution in [2.24, 2.45) is 5.92 Å². The van der Waals surface area contributed by atoms with Crippen LogP contribution in [0.1, 0.15) is 39.2 Å². The highest BCUT2D eigenvalue weighted by atomic mass is 16.5. The maximum absolute atomic E-state index is 9.29. The summed E-state index contributed by atoms with van der Waals surface area (Å²) in [6, 6.07) is 0. The quantitative estimate of drug-likeness (QED) is 0.884. The van der Waals surface area contributed by atoms with Crippen LogP contribution < -0.4 is 10.5 Å². The Morgan fingerprint density at radius 2 is 2.04 bits per heavy atom. The molecule has 8 nitrogen and oxygen atoms in total. The second kappa shape index (κ2) is 7.10. The average Bonchev–Trinajstić information content (AvgIpc) is 3.07. The summed E-state index contributed by atoms with van der Waals surface area (Å²) in [4.78, 5) is 12.8. The highest BCUT2D eigenvalue weighted by molar-refractivity contribution is 5.78. The van der Waals surface area contributed by atoms with E-state index >= 15 is 0 Å². The van der Waals surface area contributed by atoms with Crippen molar-refractivity contribution in [2.75, 3.05) is 19.5 Å². The van der Waals surface area contributed by atoms with Gasteiger partial charge in [-0.2, -0.15) is 9.97 Å². The van der Waals surface area contributed by atoms with Crippen molar-refractivity contribution in [3.63, 3.8) is 0 Å². The molecule has 0 radical (unpaired) electrons. The number of aromatic nitrogens is 4. The average molecular weight is 323 g/mol. The van der Waals surface area contributed by atoms with Gasteiger partial charge in [-0.1, -0.05) is 20.8 Å². The molecule has 3 atom stereocenters. The molecule has 2 aromatic heterocycles. The number of nitrogen functional groups attached to an aromatic ring is 1. The van der Waals surface area contributed by atoms with Crippen LogP contribution in [0.3, 0.4) is 0 Å². The highest BCUT2D eigenvalue weighted by Crippen LogP contribution is 2.37. The number of nitrogens with zero attached hydrogens (tertiary/aromatic N) is 4. The smallest absolute Gasteiger partial charge is 0.246 e. The molecule has 8 heteroatoms. The topological polar surface area (TPSA) is 108 Å². The Morgan fingerprint density at radius 3 is 2.61 bits per heavy atom. The molecule has 0 spiro atoms. The summed E-state index contributed by atoms with van der Waals surface area (Å²) in [5, 5.41) is 9.29. The van der Waals surface area contributed by atoms with Gasteiger partial charge in [0.25, 0.3) is 0 Å². The fourth-order valence-corrected chi connectivity index (χ4v) is 2.87. The third kappa shape index (κ3) is 3.09. The van der Waals surface area contributed by atoms with Crippen LogP contribution in [0.4, 0.5) is 5.95 Å². The highest BCUT2D eigenvalue weighted by Gasteiger charge is 2.35. The minimum Gasteiger partial charge on any atom is -0.479 e. The van der Waals surface area contributed by atoms with Crippen molar-refractivity contribution in [2.45, 2.75) is 46.4 Å². The maximum Gasteiger partial charge on any atom is 0.246 e. The van der Waals surface area contributed by atoms with Crippen LogP contribution in [-0.4, -0.2) is 44.4 Å². The summed E-state index contributed by atoms with van der Waals surface area (Å²) < 4.78 is 13.0. The van der Waals surface area contributed by atoms with Gasteiger partial charge in [-0.05, 0) is 13.3 Å². The fraction of sp³-hybridized carbons (Fsp3) is 0.667. The van der Waals surface area contributed by atoms with Gasteiger partial charge < -0.3 is 20.3 Å². The van der Waals surface area contributed by atoms with E-state index in [-0.39, 0.29) is 30.8 Å². The Morgan fingerprint density at radius 1 is 1.35 bits per heavy atom. The summed E-state index contributed by atoms with van der Waals surface area (Å²) in [6.07, 6.45) is 0.395. The Bertz CT molecular complexity index is 673. The molecule has 1 saturated heterocycles. The number of anilines is 1. The molecule has 0 aromatic carbocycles. The van der Waals surface area contributed by atoms with Crippen LogP contribution in [0.25, 0.3) is 11.2 Å². The van der Waals surface area contributed by atoms with Gasteiger partial charge in [0.15, 0.2) is 11.2 Å². The zero-order chi connectivity index (χ0) is 17.1. The van der Waals surface area contributed by atoms with Crippen molar-refractivity contribution < 1.29 is 14.6 Å². The van der Waals surface area contributed by atoms with Gasteiger partial charge in [0.1, 0.15) is 12.1 Å². The number of methoxy groups -OCH3 is 1. The van der Waals surface area contributed by atoms with E-state index in [9.17, 15) is 5.11 Å². The van der Waals surface area contributed by atoms with Gasteiger partial charge in [0.2, 0.25) is 11.8 Å². The summed E-state index contributed by atoms with van der Waals surface area (Å²) in [7, 11) is 1.52. The van der Waals surface area contributed by atoms with E-state index in [0.29, 0.717) is 17.0 Å². The number of aliphatic hydroxyl groups is 1. The molecular weight excluding hydrogens is 298 g/mol. The molecule has 0 saturated carbocycles. The SMILES string of the molecule is CC.COc1nc(N)nc2c1nc(C)n2C1OC(CO)C[C@@H]1C. The Hall–Kier alpha value is -1.93. The summed E-state index contributed by atoms with van der Waals surface area (Å²) in [5.41, 5.74) is 6.89. The lowest BCUT2D eigenvalue weighted by Crippen LogP contribution is -2.17. The van der Waals surface area contributed by atoms with E-state index in [1.807, 2.05) is 25.3 Å². The van der Waals surface area contributed by atoms with E-state index in [1.54, 1.807) is 0 Å². The lowest BCUT2D eigenvalue weighted by Gasteiger charge is -2.19. The summed E-state index contributed by atoms with van der Waals surface area (Å²) in [6.45, 7) is 7.96. The Kier molecular flexibility index (Phi) is 5.38. The molecule has 3 rings (SSSR count). The molecular formula is C15H25N5O3. The predicted molar refractivity (Wildman–Crippen MR) is 87.1 cm³/mol. The molecule has 0 amide bonds. The third-order valence-corrected chi connectivity index (χ3v) is 3.81. The molecule has 1 fully saturated rings. The first-order valence-corrected chi connectivity index (χ1v) is 7.87. The number of ether oxygens (including phenoxy) is 2. The summed E-state index contributed by atoms with van der Waals surface area (Å²) in [5.74, 6) is 1.47. The number of aryl methyl sites for hydroxylation is 1. The van der Waals surface area contributed by atoms with Crippen molar-refractivity contribution in [1.29, 1.82) is 0 Å². The van der Waals surface area contributed by atoms with Crippen LogP contribution in [0.15, 0.2) is 0 Å². The molecule has 0 aliphatic carbocycles. The molecule has 2 aromatic rings. The number of nitrogens with two attached hydrogens (primary N) is 1. The number of rotatable bonds is 3. The first-order chi connectivity index (χ1) is 11.0. The van der Waals surface area contributed by atoms with E-state index in [0.717, 1.165) is 12.2 Å². The number of hydrogen-bond donors (Lipinski definition) is 2. The lowest BCUT2D eigenvalue weighted by atomic mass is 10.1. The largest absolute Gasteiger partial charge is 0.479 e. The minimum atomic E-state index is -0.230. The maximum atomic E-state index is 9.29. The minimum absolute atomic E-state index is 0.00691. The molecule has 2 unspecified atom stereocenters. The number of fused-ring (bicyclic) bond motifs is 1. The number of aliphatic hydroxyl groups excluding tert-OH is 1. The van der Waals surface area contributed by atoms with Crippen LogP contribution in [0.2, 0.25) is 0 Å². The van der Waals surface area contributed by atoms with E-state index in [4.69, 9.17) is 15.2 Å². The van der Waals surface area contributed by atoms with Crippen LogP contribution in [0.5, 0.6) is 5.88 Å². The van der Waals surface area contributed by atoms with Gasteiger partial charge in [-0.15, -0.1) is 0 Å². The lowest BCUT2D eigenvalue weighted by molar-refractivity contribution is -0.0303. The van der Waals surface area contributed by atoms with Crippen molar-refractivity contribution in [3.05, 3.63) is 5.82 Å². The van der Waals surface area contributed by atoms with Crippen molar-refractivity contribution in [3.8, 4) is 5.88 Å². The molecule has 1 aliphatic heterocycles. The zero-order valence-electron chi connectivity index (χ0n) is 14.3. The molecule has 1 aliphatic rings. The molecule has 3 heterocycles. The molecule has 128 valence electrons. The first-order valence-electron chi connectivity index (χ1n) is 7.87. The van der Waals surface area contributed by atoms with Gasteiger partial charge in [0.05, 0.1) is 19.8 Å². The molecule has 0 bridgehead atoms. The van der Waals surface area contributed by atoms with Crippen molar-refractivity contribution in [1.82, 2.24) is 19.5 Å². The molecule has 23 heavy (non-hydrogen) atoms. The fourth-order valence-electron chi connectivity index (χ4n) is 2.87. The number of hydrogen-bond acceptors (Lipinski definition) is 7. The Balaban J connectivity index is 0.000000924. The zero-order valence-corrected chi connectivity index (χ0v) is 14.3. The van der Waals surface area contributed by atoms with Crippen LogP contribution >= 0.6 is 0 Å². The van der Waals surface area contributed by atoms with Crippen LogP contribution in [0, 0.1) is 12.8 Å². The van der Waals surface area contributed by atoms with Gasteiger partial charge in [-0.3, -0.25) is 4.57 Å². The van der Waals surface area contributed by atoms with E-state index in [1.165, 1.54) is 7.11 Å². The first kappa shape index (κ1) is 17.4. The third-order valence-electron chi connectivity index (χ3n) is 3.81. The second-order valence-electron chi connectivity index (χ2n) is 5.34. The normalized spacial score (nSPS) is 23.7. The van der Waals surface area contributed by atoms with Gasteiger partial charge in [0, 0.05) is 5.92 Å². The summed E-state index contributed by atoms with van der Waals surface area (Å²) >= 11 is 0. The van der Waals surface area contributed by atoms with Crippen LogP contribution in [-0.2, 0) is 4.74 Å². The standard InChI is InChI=1S/C13H19N5O3.C2H6/c1-6-4-8(5-19)21-12(6)18-7(2)15-9-10(18)16-13(14)17-11(9)20-3;1-2/h6,8,12,19H,4-5H2,1-3H3,(H2,14,16,17);1-2H3/t6-,8?,12?;/m0./s1. The van der Waals surface area contributed by atoms with E-state index < -0.39 is 0 Å². The van der Waals surface area contributed by atoms with E-state index in [2.05, 4.69) is 21.9 Å². The second-order valence-corrected chi connectivity index (χ2v) is 5.34. The van der Waals surface area contributed by atoms with Gasteiger partial charge in [-0.25, -0.2) is 4.98 Å². The number of imidazole rings is 1.